The van der Waals surface area contributed by atoms with Crippen molar-refractivity contribution in [2.24, 2.45) is 5.73 Å². The molecule has 0 radical (unpaired) electrons. The first kappa shape index (κ1) is 14.5. The fraction of sp³-hybridized carbons (Fsp3) is 0.294. The number of hydrogen-bond acceptors (Lipinski definition) is 4. The van der Waals surface area contributed by atoms with Gasteiger partial charge in [-0.25, -0.2) is 4.98 Å². The normalized spacial score (nSPS) is 16.3. The molecule has 1 heterocycles. The molecule has 5 nitrogen and oxygen atoms in total. The quantitative estimate of drug-likeness (QED) is 0.577. The van der Waals surface area contributed by atoms with Gasteiger partial charge in [-0.2, -0.15) is 0 Å². The topological polar surface area (TPSA) is 94.0 Å². The van der Waals surface area contributed by atoms with Crippen LogP contribution in [0.1, 0.15) is 28.2 Å². The SMILES string of the molecule is NCCc1cc2c(cc1N)CC(c1cccnc1NC=O)C2. The maximum atomic E-state index is 10.7. The molecule has 1 aliphatic rings. The number of amides is 1. The lowest BCUT2D eigenvalue weighted by Crippen LogP contribution is -2.06. The van der Waals surface area contributed by atoms with Gasteiger partial charge in [0, 0.05) is 11.9 Å². The zero-order chi connectivity index (χ0) is 15.5. The summed E-state index contributed by atoms with van der Waals surface area (Å²) in [6.07, 6.45) is 5.02. The van der Waals surface area contributed by atoms with Crippen molar-refractivity contribution in [2.45, 2.75) is 25.2 Å². The van der Waals surface area contributed by atoms with Gasteiger partial charge in [-0.3, -0.25) is 4.79 Å². The maximum Gasteiger partial charge on any atom is 0.212 e. The molecule has 5 heteroatoms. The molecule has 1 amide bonds. The molecule has 1 aromatic heterocycles. The van der Waals surface area contributed by atoms with Crippen molar-refractivity contribution in [1.82, 2.24) is 4.98 Å². The number of nitrogens with one attached hydrogen (secondary N) is 1. The summed E-state index contributed by atoms with van der Waals surface area (Å²) in [5.41, 5.74) is 17.4. The molecule has 0 spiro atoms. The molecule has 0 fully saturated rings. The lowest BCUT2D eigenvalue weighted by molar-refractivity contribution is -0.105. The van der Waals surface area contributed by atoms with Crippen LogP contribution in [0.25, 0.3) is 0 Å². The van der Waals surface area contributed by atoms with Crippen molar-refractivity contribution in [3.63, 3.8) is 0 Å². The van der Waals surface area contributed by atoms with Crippen LogP contribution in [-0.4, -0.2) is 17.9 Å². The molecule has 2 aromatic rings. The first-order valence-electron chi connectivity index (χ1n) is 7.48. The fourth-order valence-corrected chi connectivity index (χ4v) is 3.26. The zero-order valence-electron chi connectivity index (χ0n) is 12.4. The first-order valence-corrected chi connectivity index (χ1v) is 7.48. The zero-order valence-corrected chi connectivity index (χ0v) is 12.4. The minimum atomic E-state index is 0.318. The number of rotatable bonds is 5. The third kappa shape index (κ3) is 2.67. The van der Waals surface area contributed by atoms with Crippen LogP contribution in [0.15, 0.2) is 30.5 Å². The smallest absolute Gasteiger partial charge is 0.212 e. The number of nitrogen functional groups attached to an aromatic ring is 1. The second kappa shape index (κ2) is 6.15. The number of hydrogen-bond donors (Lipinski definition) is 3. The predicted molar refractivity (Wildman–Crippen MR) is 87.7 cm³/mol. The Morgan fingerprint density at radius 3 is 2.82 bits per heavy atom. The summed E-state index contributed by atoms with van der Waals surface area (Å²) in [5, 5.41) is 2.69. The number of carbonyl (C=O) groups excluding carboxylic acids is 1. The van der Waals surface area contributed by atoms with Crippen molar-refractivity contribution in [2.75, 3.05) is 17.6 Å². The number of carbonyl (C=O) groups is 1. The van der Waals surface area contributed by atoms with Crippen molar-refractivity contribution >= 4 is 17.9 Å². The van der Waals surface area contributed by atoms with E-state index < -0.39 is 0 Å². The Bertz CT molecular complexity index is 699. The fourth-order valence-electron chi connectivity index (χ4n) is 3.26. The summed E-state index contributed by atoms with van der Waals surface area (Å²) < 4.78 is 0. The molecule has 3 rings (SSSR count). The minimum absolute atomic E-state index is 0.318. The molecule has 114 valence electrons. The van der Waals surface area contributed by atoms with Crippen molar-refractivity contribution < 1.29 is 4.79 Å². The molecule has 22 heavy (non-hydrogen) atoms. The second-order valence-electron chi connectivity index (χ2n) is 5.67. The number of fused-ring (bicyclic) bond motifs is 1. The summed E-state index contributed by atoms with van der Waals surface area (Å²) in [7, 11) is 0. The Kier molecular flexibility index (Phi) is 4.06. The standard InChI is InChI=1S/C17H20N4O/c18-4-3-11-6-12-7-14(8-13(12)9-16(11)19)15-2-1-5-20-17(15)21-10-22/h1-2,5-6,9-10,14H,3-4,7-8,18-19H2,(H,20,21,22). The molecule has 0 saturated carbocycles. The molecular formula is C17H20N4O. The molecule has 0 saturated heterocycles. The Labute approximate surface area is 129 Å². The van der Waals surface area contributed by atoms with E-state index in [9.17, 15) is 4.79 Å². The predicted octanol–water partition coefficient (Wildman–Crippen LogP) is 1.62. The van der Waals surface area contributed by atoms with E-state index in [0.29, 0.717) is 24.7 Å². The number of benzene rings is 1. The van der Waals surface area contributed by atoms with E-state index in [0.717, 1.165) is 36.1 Å². The van der Waals surface area contributed by atoms with Crippen LogP contribution in [0, 0.1) is 0 Å². The number of nitrogens with zero attached hydrogens (tertiary/aromatic N) is 1. The lowest BCUT2D eigenvalue weighted by atomic mass is 9.97. The van der Waals surface area contributed by atoms with Crippen LogP contribution in [0.3, 0.4) is 0 Å². The van der Waals surface area contributed by atoms with Crippen LogP contribution in [0.5, 0.6) is 0 Å². The van der Waals surface area contributed by atoms with E-state index in [4.69, 9.17) is 11.5 Å². The van der Waals surface area contributed by atoms with Gasteiger partial charge in [0.1, 0.15) is 5.82 Å². The largest absolute Gasteiger partial charge is 0.398 e. The third-order valence-corrected chi connectivity index (χ3v) is 4.28. The lowest BCUT2D eigenvalue weighted by Gasteiger charge is -2.13. The van der Waals surface area contributed by atoms with Gasteiger partial charge >= 0.3 is 0 Å². The van der Waals surface area contributed by atoms with Gasteiger partial charge in [0.2, 0.25) is 6.41 Å². The summed E-state index contributed by atoms with van der Waals surface area (Å²) in [6.45, 7) is 0.600. The highest BCUT2D eigenvalue weighted by Crippen LogP contribution is 2.38. The molecule has 1 atom stereocenters. The molecular weight excluding hydrogens is 276 g/mol. The van der Waals surface area contributed by atoms with Crippen LogP contribution in [-0.2, 0) is 24.1 Å². The van der Waals surface area contributed by atoms with Gasteiger partial charge in [-0.1, -0.05) is 12.1 Å². The highest BCUT2D eigenvalue weighted by Gasteiger charge is 2.26. The Morgan fingerprint density at radius 2 is 2.09 bits per heavy atom. The molecule has 1 unspecified atom stereocenters. The van der Waals surface area contributed by atoms with Crippen molar-refractivity contribution in [3.8, 4) is 0 Å². The first-order chi connectivity index (χ1) is 10.7. The summed E-state index contributed by atoms with van der Waals surface area (Å²) in [6, 6.07) is 8.19. The van der Waals surface area contributed by atoms with Crippen LogP contribution in [0.2, 0.25) is 0 Å². The number of nitrogens with two attached hydrogens (primary N) is 2. The second-order valence-corrected chi connectivity index (χ2v) is 5.67. The molecule has 1 aliphatic carbocycles. The molecule has 0 aliphatic heterocycles. The van der Waals surface area contributed by atoms with E-state index >= 15 is 0 Å². The van der Waals surface area contributed by atoms with Crippen molar-refractivity contribution in [3.05, 3.63) is 52.7 Å². The summed E-state index contributed by atoms with van der Waals surface area (Å²) in [4.78, 5) is 15.0. The monoisotopic (exact) mass is 296 g/mol. The van der Waals surface area contributed by atoms with Gasteiger partial charge in [0.15, 0.2) is 0 Å². The van der Waals surface area contributed by atoms with E-state index in [1.807, 2.05) is 12.1 Å². The van der Waals surface area contributed by atoms with Gasteiger partial charge in [-0.05, 0) is 66.1 Å². The van der Waals surface area contributed by atoms with Gasteiger partial charge in [0.25, 0.3) is 0 Å². The Balaban J connectivity index is 1.90. The average Bonchev–Trinajstić information content (AvgIpc) is 2.91. The molecule has 0 bridgehead atoms. The van der Waals surface area contributed by atoms with Crippen molar-refractivity contribution in [1.29, 1.82) is 0 Å². The van der Waals surface area contributed by atoms with E-state index in [1.54, 1.807) is 6.20 Å². The van der Waals surface area contributed by atoms with Gasteiger partial charge in [-0.15, -0.1) is 0 Å². The molecule has 1 aromatic carbocycles. The maximum absolute atomic E-state index is 10.7. The van der Waals surface area contributed by atoms with Crippen LogP contribution >= 0.6 is 0 Å². The molecule has 5 N–H and O–H groups in total. The van der Waals surface area contributed by atoms with Crippen LogP contribution in [0.4, 0.5) is 11.5 Å². The van der Waals surface area contributed by atoms with E-state index in [1.165, 1.54) is 11.1 Å². The van der Waals surface area contributed by atoms with Gasteiger partial charge < -0.3 is 16.8 Å². The number of aromatic nitrogens is 1. The number of pyridine rings is 1. The summed E-state index contributed by atoms with van der Waals surface area (Å²) >= 11 is 0. The third-order valence-electron chi connectivity index (χ3n) is 4.28. The minimum Gasteiger partial charge on any atom is -0.398 e. The summed E-state index contributed by atoms with van der Waals surface area (Å²) in [5.74, 6) is 0.962. The Morgan fingerprint density at radius 1 is 1.32 bits per heavy atom. The Hall–Kier alpha value is -2.40. The van der Waals surface area contributed by atoms with Gasteiger partial charge in [0.05, 0.1) is 0 Å². The highest BCUT2D eigenvalue weighted by atomic mass is 16.1. The van der Waals surface area contributed by atoms with E-state index in [2.05, 4.69) is 22.4 Å². The van der Waals surface area contributed by atoms with E-state index in [-0.39, 0.29) is 0 Å². The number of anilines is 2. The average molecular weight is 296 g/mol. The van der Waals surface area contributed by atoms with Crippen LogP contribution < -0.4 is 16.8 Å². The highest BCUT2D eigenvalue weighted by molar-refractivity contribution is 5.71.